The van der Waals surface area contributed by atoms with Gasteiger partial charge in [-0.3, -0.25) is 4.79 Å². The van der Waals surface area contributed by atoms with Gasteiger partial charge in [-0.15, -0.1) is 0 Å². The molecule has 1 aliphatic rings. The SMILES string of the molecule is CSc1nc(N)cc(N[C@@H]2CCC[C@H]2N(C)C)n1.O=CO. The van der Waals surface area contributed by atoms with Gasteiger partial charge in [-0.25, -0.2) is 9.97 Å². The number of thioether (sulfide) groups is 1. The number of nitrogens with one attached hydrogen (secondary N) is 1. The number of carbonyl (C=O) groups is 1. The quantitative estimate of drug-likeness (QED) is 0.435. The molecule has 0 amide bonds. The largest absolute Gasteiger partial charge is 0.483 e. The van der Waals surface area contributed by atoms with E-state index in [9.17, 15) is 0 Å². The van der Waals surface area contributed by atoms with Crippen LogP contribution in [0.15, 0.2) is 11.2 Å². The Kier molecular flexibility index (Phi) is 7.24. The maximum absolute atomic E-state index is 8.36. The number of carboxylic acid groups (broad SMARTS) is 1. The molecule has 1 aromatic rings. The Morgan fingerprint density at radius 2 is 2.14 bits per heavy atom. The first-order chi connectivity index (χ1) is 10.0. The van der Waals surface area contributed by atoms with Crippen molar-refractivity contribution in [2.75, 3.05) is 31.4 Å². The minimum atomic E-state index is -0.250. The van der Waals surface area contributed by atoms with Crippen molar-refractivity contribution in [1.82, 2.24) is 14.9 Å². The van der Waals surface area contributed by atoms with E-state index in [1.807, 2.05) is 12.3 Å². The van der Waals surface area contributed by atoms with Crippen LogP contribution in [-0.2, 0) is 4.79 Å². The van der Waals surface area contributed by atoms with Crippen LogP contribution in [0.4, 0.5) is 11.6 Å². The average Bonchev–Trinajstić information content (AvgIpc) is 2.87. The van der Waals surface area contributed by atoms with Crippen molar-refractivity contribution in [3.05, 3.63) is 6.07 Å². The minimum Gasteiger partial charge on any atom is -0.483 e. The first kappa shape index (κ1) is 17.5. The molecule has 7 nitrogen and oxygen atoms in total. The molecule has 1 heterocycles. The number of hydrogen-bond donors (Lipinski definition) is 3. The number of nitrogens with two attached hydrogens (primary N) is 1. The molecule has 8 heteroatoms. The third-order valence-corrected chi connectivity index (χ3v) is 3.93. The predicted molar refractivity (Wildman–Crippen MR) is 85.7 cm³/mol. The highest BCUT2D eigenvalue weighted by molar-refractivity contribution is 7.98. The highest BCUT2D eigenvalue weighted by Crippen LogP contribution is 2.26. The standard InChI is InChI=1S/C12H21N5S.CH2O2/c1-17(2)9-6-4-5-8(9)14-11-7-10(13)15-12(16-11)18-3;2-1-3/h7-9H,4-6H2,1-3H3,(H3,13,14,15,16);1H,(H,2,3)/t8-,9-;/m1./s1. The number of hydrogen-bond acceptors (Lipinski definition) is 7. The van der Waals surface area contributed by atoms with E-state index in [0.717, 1.165) is 11.0 Å². The lowest BCUT2D eigenvalue weighted by molar-refractivity contribution is -0.122. The maximum atomic E-state index is 8.36. The zero-order valence-corrected chi connectivity index (χ0v) is 13.4. The number of anilines is 2. The van der Waals surface area contributed by atoms with Crippen LogP contribution < -0.4 is 11.1 Å². The van der Waals surface area contributed by atoms with E-state index >= 15 is 0 Å². The molecule has 1 aromatic heterocycles. The second kappa shape index (κ2) is 8.68. The molecule has 0 spiro atoms. The summed E-state index contributed by atoms with van der Waals surface area (Å²) in [6.07, 6.45) is 5.63. The third-order valence-electron chi connectivity index (χ3n) is 3.38. The lowest BCUT2D eigenvalue weighted by Crippen LogP contribution is -2.39. The molecule has 21 heavy (non-hydrogen) atoms. The van der Waals surface area contributed by atoms with Gasteiger partial charge in [0.1, 0.15) is 11.6 Å². The summed E-state index contributed by atoms with van der Waals surface area (Å²) >= 11 is 1.51. The monoisotopic (exact) mass is 313 g/mol. The number of aromatic nitrogens is 2. The molecule has 0 radical (unpaired) electrons. The van der Waals surface area contributed by atoms with Gasteiger partial charge < -0.3 is 21.1 Å². The number of rotatable bonds is 4. The summed E-state index contributed by atoms with van der Waals surface area (Å²) in [5.41, 5.74) is 5.79. The summed E-state index contributed by atoms with van der Waals surface area (Å²) in [6, 6.07) is 2.83. The molecular formula is C13H23N5O2S. The van der Waals surface area contributed by atoms with Gasteiger partial charge in [0.15, 0.2) is 5.16 Å². The molecule has 0 bridgehead atoms. The fraction of sp³-hybridized carbons (Fsp3) is 0.615. The van der Waals surface area contributed by atoms with Gasteiger partial charge in [-0.2, -0.15) is 0 Å². The van der Waals surface area contributed by atoms with Gasteiger partial charge in [0.25, 0.3) is 6.47 Å². The molecule has 0 saturated heterocycles. The van der Waals surface area contributed by atoms with Gasteiger partial charge in [0.05, 0.1) is 0 Å². The third kappa shape index (κ3) is 5.39. The van der Waals surface area contributed by atoms with Crippen molar-refractivity contribution in [1.29, 1.82) is 0 Å². The molecule has 4 N–H and O–H groups in total. The highest BCUT2D eigenvalue weighted by Gasteiger charge is 2.29. The van der Waals surface area contributed by atoms with Gasteiger partial charge in [-0.05, 0) is 39.6 Å². The molecule has 2 rings (SSSR count). The molecule has 1 saturated carbocycles. The second-order valence-electron chi connectivity index (χ2n) is 4.98. The number of nitrogen functional groups attached to an aromatic ring is 1. The Labute approximate surface area is 129 Å². The Morgan fingerprint density at radius 3 is 2.71 bits per heavy atom. The van der Waals surface area contributed by atoms with E-state index in [-0.39, 0.29) is 6.47 Å². The fourth-order valence-electron chi connectivity index (χ4n) is 2.53. The number of nitrogens with zero attached hydrogens (tertiary/aromatic N) is 3. The molecule has 2 atom stereocenters. The van der Waals surface area contributed by atoms with Crippen LogP contribution >= 0.6 is 11.8 Å². The van der Waals surface area contributed by atoms with Gasteiger partial charge in [-0.1, -0.05) is 11.8 Å². The maximum Gasteiger partial charge on any atom is 0.290 e. The Hall–Kier alpha value is -1.54. The molecular weight excluding hydrogens is 290 g/mol. The van der Waals surface area contributed by atoms with Crippen molar-refractivity contribution in [3.8, 4) is 0 Å². The zero-order valence-electron chi connectivity index (χ0n) is 12.6. The lowest BCUT2D eigenvalue weighted by Gasteiger charge is -2.27. The van der Waals surface area contributed by atoms with Gasteiger partial charge in [0.2, 0.25) is 0 Å². The number of likely N-dealkylation sites (N-methyl/N-ethyl adjacent to an activating group) is 1. The molecule has 0 aromatic carbocycles. The summed E-state index contributed by atoms with van der Waals surface area (Å²) in [4.78, 5) is 19.3. The van der Waals surface area contributed by atoms with Crippen molar-refractivity contribution in [2.24, 2.45) is 0 Å². The van der Waals surface area contributed by atoms with E-state index in [4.69, 9.17) is 15.6 Å². The van der Waals surface area contributed by atoms with Crippen LogP contribution in [0.1, 0.15) is 19.3 Å². The zero-order chi connectivity index (χ0) is 15.8. The smallest absolute Gasteiger partial charge is 0.290 e. The molecule has 1 aliphatic carbocycles. The second-order valence-corrected chi connectivity index (χ2v) is 5.76. The van der Waals surface area contributed by atoms with Crippen molar-refractivity contribution in [2.45, 2.75) is 36.5 Å². The van der Waals surface area contributed by atoms with Crippen LogP contribution in [0.25, 0.3) is 0 Å². The Bertz CT molecular complexity index is 458. The fourth-order valence-corrected chi connectivity index (χ4v) is 2.91. The summed E-state index contributed by atoms with van der Waals surface area (Å²) in [7, 11) is 4.26. The van der Waals surface area contributed by atoms with Gasteiger partial charge in [0, 0.05) is 18.2 Å². The van der Waals surface area contributed by atoms with Crippen LogP contribution in [0, 0.1) is 0 Å². The molecule has 1 fully saturated rings. The normalized spacial score (nSPS) is 20.8. The first-order valence-electron chi connectivity index (χ1n) is 6.71. The van der Waals surface area contributed by atoms with E-state index in [1.165, 1.54) is 31.0 Å². The van der Waals surface area contributed by atoms with Gasteiger partial charge >= 0.3 is 0 Å². The van der Waals surface area contributed by atoms with E-state index in [0.29, 0.717) is 17.9 Å². The Balaban J connectivity index is 0.000000677. The van der Waals surface area contributed by atoms with Crippen molar-refractivity contribution in [3.63, 3.8) is 0 Å². The minimum absolute atomic E-state index is 0.250. The topological polar surface area (TPSA) is 104 Å². The summed E-state index contributed by atoms with van der Waals surface area (Å²) in [6.45, 7) is -0.250. The van der Waals surface area contributed by atoms with Crippen molar-refractivity contribution < 1.29 is 9.90 Å². The summed E-state index contributed by atoms with van der Waals surface area (Å²) < 4.78 is 0. The average molecular weight is 313 g/mol. The highest BCUT2D eigenvalue weighted by atomic mass is 32.2. The van der Waals surface area contributed by atoms with Crippen LogP contribution in [0.5, 0.6) is 0 Å². The summed E-state index contributed by atoms with van der Waals surface area (Å²) in [5.74, 6) is 1.36. The predicted octanol–water partition coefficient (Wildman–Crippen LogP) is 1.38. The Morgan fingerprint density at radius 1 is 1.48 bits per heavy atom. The van der Waals surface area contributed by atoms with Crippen LogP contribution in [0.3, 0.4) is 0 Å². The molecule has 118 valence electrons. The van der Waals surface area contributed by atoms with Crippen molar-refractivity contribution >= 4 is 29.9 Å². The van der Waals surface area contributed by atoms with E-state index in [1.54, 1.807) is 0 Å². The van der Waals surface area contributed by atoms with E-state index in [2.05, 4.69) is 34.3 Å². The first-order valence-corrected chi connectivity index (χ1v) is 7.93. The van der Waals surface area contributed by atoms with Crippen LogP contribution in [0.2, 0.25) is 0 Å². The molecule has 0 unspecified atom stereocenters. The molecule has 0 aliphatic heterocycles. The van der Waals surface area contributed by atoms with Crippen LogP contribution in [-0.4, -0.2) is 58.9 Å². The van der Waals surface area contributed by atoms with E-state index < -0.39 is 0 Å². The lowest BCUT2D eigenvalue weighted by atomic mass is 10.1. The summed E-state index contributed by atoms with van der Waals surface area (Å²) in [5, 5.41) is 11.1.